The van der Waals surface area contributed by atoms with E-state index in [1.807, 2.05) is 6.07 Å². The number of benzene rings is 3. The standard InChI is InChI=1S/C27H25N3O3/c1-2-20-23-15-18-7-3-4-9-21(18)22(23)12-13-25(20)29-14-6-8-19(29)17-33-27-11-5-10-26(30(31)32)24(27)16-28/h3-5,7,9-13,19H,2,6,8,14-15,17H2,1H3/t19-/m1/s1. The summed E-state index contributed by atoms with van der Waals surface area (Å²) in [6.07, 6.45) is 3.97. The maximum atomic E-state index is 11.3. The molecule has 0 spiro atoms. The Morgan fingerprint density at radius 1 is 1.15 bits per heavy atom. The lowest BCUT2D eigenvalue weighted by molar-refractivity contribution is -0.385. The van der Waals surface area contributed by atoms with Crippen molar-refractivity contribution in [3.8, 4) is 22.9 Å². The van der Waals surface area contributed by atoms with Crippen molar-refractivity contribution in [3.63, 3.8) is 0 Å². The van der Waals surface area contributed by atoms with Gasteiger partial charge < -0.3 is 9.64 Å². The topological polar surface area (TPSA) is 79.4 Å². The van der Waals surface area contributed by atoms with Crippen molar-refractivity contribution in [1.29, 1.82) is 5.26 Å². The highest BCUT2D eigenvalue weighted by atomic mass is 16.6. The molecule has 1 saturated heterocycles. The van der Waals surface area contributed by atoms with Crippen molar-refractivity contribution in [2.45, 2.75) is 38.6 Å². The molecule has 0 N–H and O–H groups in total. The Kier molecular flexibility index (Phi) is 5.47. The fraction of sp³-hybridized carbons (Fsp3) is 0.296. The van der Waals surface area contributed by atoms with Gasteiger partial charge in [-0.3, -0.25) is 10.1 Å². The Bertz CT molecular complexity index is 1280. The van der Waals surface area contributed by atoms with Crippen LogP contribution in [0.1, 0.15) is 42.0 Å². The third-order valence-electron chi connectivity index (χ3n) is 6.87. The summed E-state index contributed by atoms with van der Waals surface area (Å²) < 4.78 is 6.00. The largest absolute Gasteiger partial charge is 0.490 e. The lowest BCUT2D eigenvalue weighted by atomic mass is 9.96. The van der Waals surface area contributed by atoms with Gasteiger partial charge in [0.05, 0.1) is 11.0 Å². The fourth-order valence-electron chi connectivity index (χ4n) is 5.34. The average molecular weight is 440 g/mol. The van der Waals surface area contributed by atoms with E-state index in [-0.39, 0.29) is 23.0 Å². The third-order valence-corrected chi connectivity index (χ3v) is 6.87. The van der Waals surface area contributed by atoms with E-state index in [0.717, 1.165) is 32.2 Å². The smallest absolute Gasteiger partial charge is 0.290 e. The van der Waals surface area contributed by atoms with Crippen LogP contribution in [-0.2, 0) is 12.8 Å². The molecule has 1 fully saturated rings. The van der Waals surface area contributed by atoms with E-state index in [1.165, 1.54) is 39.6 Å². The Labute approximate surface area is 193 Å². The molecule has 3 aromatic carbocycles. The van der Waals surface area contributed by atoms with E-state index >= 15 is 0 Å². The molecule has 1 aliphatic heterocycles. The van der Waals surface area contributed by atoms with Gasteiger partial charge >= 0.3 is 0 Å². The second kappa shape index (κ2) is 8.59. The average Bonchev–Trinajstić information content (AvgIpc) is 3.46. The first-order valence-corrected chi connectivity index (χ1v) is 11.4. The van der Waals surface area contributed by atoms with E-state index in [1.54, 1.807) is 12.1 Å². The predicted molar refractivity (Wildman–Crippen MR) is 128 cm³/mol. The van der Waals surface area contributed by atoms with Gasteiger partial charge in [0.25, 0.3) is 5.69 Å². The summed E-state index contributed by atoms with van der Waals surface area (Å²) in [6.45, 7) is 3.55. The first kappa shape index (κ1) is 21.0. The minimum absolute atomic E-state index is 0.0170. The number of hydrogen-bond donors (Lipinski definition) is 0. The quantitative estimate of drug-likeness (QED) is 0.287. The SMILES string of the molecule is CCc1c(N2CCC[C@@H]2COc2cccc([N+](=O)[O-])c2C#N)ccc2c1Cc1ccccc1-2. The summed E-state index contributed by atoms with van der Waals surface area (Å²) in [5, 5.41) is 20.7. The van der Waals surface area contributed by atoms with Gasteiger partial charge in [0, 0.05) is 18.3 Å². The second-order valence-electron chi connectivity index (χ2n) is 8.60. The van der Waals surface area contributed by atoms with E-state index in [4.69, 9.17) is 4.74 Å². The number of nitriles is 1. The number of hydrogen-bond acceptors (Lipinski definition) is 5. The molecule has 2 aliphatic rings. The van der Waals surface area contributed by atoms with E-state index < -0.39 is 4.92 Å². The van der Waals surface area contributed by atoms with Gasteiger partial charge in [0.1, 0.15) is 18.4 Å². The van der Waals surface area contributed by atoms with E-state index in [9.17, 15) is 15.4 Å². The van der Waals surface area contributed by atoms with Gasteiger partial charge in [-0.25, -0.2) is 0 Å². The molecule has 0 bridgehead atoms. The van der Waals surface area contributed by atoms with E-state index in [2.05, 4.69) is 48.2 Å². The normalized spacial score (nSPS) is 16.2. The summed E-state index contributed by atoms with van der Waals surface area (Å²) >= 11 is 0. The molecule has 6 nitrogen and oxygen atoms in total. The highest BCUT2D eigenvalue weighted by Gasteiger charge is 2.30. The Morgan fingerprint density at radius 3 is 2.79 bits per heavy atom. The molecule has 0 aromatic heterocycles. The van der Waals surface area contributed by atoms with Crippen molar-refractivity contribution in [2.75, 3.05) is 18.1 Å². The maximum absolute atomic E-state index is 11.3. The summed E-state index contributed by atoms with van der Waals surface area (Å²) in [4.78, 5) is 13.2. The van der Waals surface area contributed by atoms with E-state index in [0.29, 0.717) is 6.61 Å². The van der Waals surface area contributed by atoms with Crippen LogP contribution in [0.4, 0.5) is 11.4 Å². The zero-order valence-electron chi connectivity index (χ0n) is 18.6. The third kappa shape index (κ3) is 3.60. The van der Waals surface area contributed by atoms with Gasteiger partial charge in [-0.2, -0.15) is 5.26 Å². The fourth-order valence-corrected chi connectivity index (χ4v) is 5.34. The molecular formula is C27H25N3O3. The molecule has 5 rings (SSSR count). The summed E-state index contributed by atoms with van der Waals surface area (Å²) in [6, 6.07) is 19.8. The Morgan fingerprint density at radius 2 is 2.00 bits per heavy atom. The van der Waals surface area contributed by atoms with Crippen LogP contribution in [0, 0.1) is 21.4 Å². The van der Waals surface area contributed by atoms with Gasteiger partial charge in [-0.05, 0) is 65.6 Å². The highest BCUT2D eigenvalue weighted by molar-refractivity contribution is 5.81. The van der Waals surface area contributed by atoms with Crippen molar-refractivity contribution in [2.24, 2.45) is 0 Å². The minimum atomic E-state index is -0.538. The summed E-state index contributed by atoms with van der Waals surface area (Å²) in [7, 11) is 0. The van der Waals surface area contributed by atoms with Crippen LogP contribution < -0.4 is 9.64 Å². The molecular weight excluding hydrogens is 414 g/mol. The zero-order valence-corrected chi connectivity index (χ0v) is 18.6. The molecule has 1 heterocycles. The van der Waals surface area contributed by atoms with Crippen LogP contribution in [0.5, 0.6) is 5.75 Å². The van der Waals surface area contributed by atoms with Gasteiger partial charge in [-0.1, -0.05) is 43.3 Å². The number of fused-ring (bicyclic) bond motifs is 3. The molecule has 0 radical (unpaired) electrons. The van der Waals surface area contributed by atoms with Gasteiger partial charge in [-0.15, -0.1) is 0 Å². The van der Waals surface area contributed by atoms with Crippen LogP contribution in [-0.4, -0.2) is 24.1 Å². The van der Waals surface area contributed by atoms with Crippen LogP contribution in [0.25, 0.3) is 11.1 Å². The minimum Gasteiger partial charge on any atom is -0.490 e. The number of rotatable bonds is 6. The predicted octanol–water partition coefficient (Wildman–Crippen LogP) is 5.65. The Balaban J connectivity index is 1.42. The summed E-state index contributed by atoms with van der Waals surface area (Å²) in [5.74, 6) is 0.277. The number of anilines is 1. The monoisotopic (exact) mass is 439 g/mol. The lowest BCUT2D eigenvalue weighted by Gasteiger charge is -2.30. The maximum Gasteiger partial charge on any atom is 0.290 e. The molecule has 6 heteroatoms. The molecule has 166 valence electrons. The molecule has 1 atom stereocenters. The number of nitro groups is 1. The van der Waals surface area contributed by atoms with Crippen LogP contribution >= 0.6 is 0 Å². The zero-order chi connectivity index (χ0) is 22.9. The van der Waals surface area contributed by atoms with Crippen LogP contribution in [0.3, 0.4) is 0 Å². The molecule has 0 unspecified atom stereocenters. The number of nitro benzene ring substituents is 1. The molecule has 3 aromatic rings. The van der Waals surface area contributed by atoms with Gasteiger partial charge in [0.2, 0.25) is 0 Å². The number of nitrogens with zero attached hydrogens (tertiary/aromatic N) is 3. The van der Waals surface area contributed by atoms with Crippen molar-refractivity contribution >= 4 is 11.4 Å². The molecule has 1 aliphatic carbocycles. The first-order chi connectivity index (χ1) is 16.1. The molecule has 33 heavy (non-hydrogen) atoms. The first-order valence-electron chi connectivity index (χ1n) is 11.4. The lowest BCUT2D eigenvalue weighted by Crippen LogP contribution is -2.35. The van der Waals surface area contributed by atoms with Gasteiger partial charge in [0.15, 0.2) is 5.56 Å². The van der Waals surface area contributed by atoms with Crippen LogP contribution in [0.15, 0.2) is 54.6 Å². The van der Waals surface area contributed by atoms with Crippen molar-refractivity contribution in [3.05, 3.63) is 87.0 Å². The summed E-state index contributed by atoms with van der Waals surface area (Å²) in [5.41, 5.74) is 7.90. The number of ether oxygens (including phenoxy) is 1. The van der Waals surface area contributed by atoms with Crippen molar-refractivity contribution in [1.82, 2.24) is 0 Å². The Hall–Kier alpha value is -3.85. The molecule has 0 saturated carbocycles. The van der Waals surface area contributed by atoms with Crippen LogP contribution in [0.2, 0.25) is 0 Å². The van der Waals surface area contributed by atoms with Crippen molar-refractivity contribution < 1.29 is 9.66 Å². The highest BCUT2D eigenvalue weighted by Crippen LogP contribution is 2.43. The second-order valence-corrected chi connectivity index (χ2v) is 8.60. The molecule has 0 amide bonds.